The molecule has 1 aromatic carbocycles. The fourth-order valence-corrected chi connectivity index (χ4v) is 1.28. The van der Waals surface area contributed by atoms with E-state index < -0.39 is 0 Å². The Labute approximate surface area is 96.9 Å². The highest BCUT2D eigenvalue weighted by Gasteiger charge is 2.00. The van der Waals surface area contributed by atoms with Crippen LogP contribution in [-0.2, 0) is 4.74 Å². The molecule has 0 atom stereocenters. The lowest BCUT2D eigenvalue weighted by Gasteiger charge is -2.16. The molecule has 0 saturated heterocycles. The second kappa shape index (κ2) is 7.09. The number of para-hydroxylation sites is 2. The van der Waals surface area contributed by atoms with Gasteiger partial charge in [0.05, 0.1) is 12.3 Å². The first-order valence-corrected chi connectivity index (χ1v) is 5.39. The van der Waals surface area contributed by atoms with Crippen molar-refractivity contribution in [1.82, 2.24) is 4.90 Å². The molecule has 0 aromatic heterocycles. The summed E-state index contributed by atoms with van der Waals surface area (Å²) in [5, 5.41) is 0. The molecule has 0 radical (unpaired) electrons. The summed E-state index contributed by atoms with van der Waals surface area (Å²) < 4.78 is 10.6. The van der Waals surface area contributed by atoms with Crippen LogP contribution in [0.2, 0.25) is 0 Å². The molecule has 0 saturated carbocycles. The number of nitrogen functional groups attached to an aromatic ring is 1. The highest BCUT2D eigenvalue weighted by Crippen LogP contribution is 2.19. The lowest BCUT2D eigenvalue weighted by atomic mass is 10.3. The zero-order chi connectivity index (χ0) is 11.8. The highest BCUT2D eigenvalue weighted by molar-refractivity contribution is 5.51. The van der Waals surface area contributed by atoms with E-state index in [0.717, 1.165) is 25.4 Å². The van der Waals surface area contributed by atoms with Gasteiger partial charge in [-0.05, 0) is 19.2 Å². The van der Waals surface area contributed by atoms with Crippen molar-refractivity contribution >= 4 is 5.69 Å². The van der Waals surface area contributed by atoms with Crippen LogP contribution < -0.4 is 10.5 Å². The first-order valence-electron chi connectivity index (χ1n) is 5.39. The number of benzene rings is 1. The number of hydrogen-bond acceptors (Lipinski definition) is 4. The van der Waals surface area contributed by atoms with Crippen LogP contribution in [0, 0.1) is 0 Å². The molecule has 1 rings (SSSR count). The van der Waals surface area contributed by atoms with Gasteiger partial charge in [0.1, 0.15) is 12.4 Å². The molecule has 2 N–H and O–H groups in total. The van der Waals surface area contributed by atoms with Crippen LogP contribution in [0.5, 0.6) is 5.75 Å². The van der Waals surface area contributed by atoms with E-state index in [9.17, 15) is 0 Å². The highest BCUT2D eigenvalue weighted by atomic mass is 16.5. The quantitative estimate of drug-likeness (QED) is 0.708. The Morgan fingerprint density at radius 2 is 1.88 bits per heavy atom. The Balaban J connectivity index is 2.23. The Hall–Kier alpha value is -1.26. The fourth-order valence-electron chi connectivity index (χ4n) is 1.28. The van der Waals surface area contributed by atoms with E-state index in [1.165, 1.54) is 0 Å². The van der Waals surface area contributed by atoms with Crippen LogP contribution >= 0.6 is 0 Å². The zero-order valence-electron chi connectivity index (χ0n) is 9.98. The van der Waals surface area contributed by atoms with Crippen molar-refractivity contribution in [3.05, 3.63) is 24.3 Å². The second-order valence-electron chi connectivity index (χ2n) is 3.68. The number of likely N-dealkylation sites (N-methyl/N-ethyl adjacent to an activating group) is 1. The van der Waals surface area contributed by atoms with E-state index in [-0.39, 0.29) is 0 Å². The summed E-state index contributed by atoms with van der Waals surface area (Å²) in [6.45, 7) is 3.14. The van der Waals surface area contributed by atoms with Crippen LogP contribution in [0.3, 0.4) is 0 Å². The van der Waals surface area contributed by atoms with Crippen molar-refractivity contribution in [2.45, 2.75) is 0 Å². The molecule has 1 aromatic rings. The summed E-state index contributed by atoms with van der Waals surface area (Å²) in [6.07, 6.45) is 0. The summed E-state index contributed by atoms with van der Waals surface area (Å²) >= 11 is 0. The SMILES string of the molecule is COCCN(C)CCOc1ccccc1N. The molecule has 0 aliphatic rings. The molecule has 16 heavy (non-hydrogen) atoms. The van der Waals surface area contributed by atoms with Gasteiger partial charge < -0.3 is 20.1 Å². The standard InChI is InChI=1S/C12H20N2O2/c1-14(7-9-15-2)8-10-16-12-6-4-3-5-11(12)13/h3-6H,7-10,13H2,1-2H3. The number of hydrogen-bond donors (Lipinski definition) is 1. The molecule has 0 unspecified atom stereocenters. The van der Waals surface area contributed by atoms with Crippen LogP contribution in [0.4, 0.5) is 5.69 Å². The van der Waals surface area contributed by atoms with Gasteiger partial charge in [0.15, 0.2) is 0 Å². The molecule has 4 heteroatoms. The number of ether oxygens (including phenoxy) is 2. The van der Waals surface area contributed by atoms with Gasteiger partial charge in [-0.1, -0.05) is 12.1 Å². The van der Waals surface area contributed by atoms with Gasteiger partial charge in [-0.25, -0.2) is 0 Å². The average molecular weight is 224 g/mol. The monoisotopic (exact) mass is 224 g/mol. The van der Waals surface area contributed by atoms with Crippen LogP contribution in [0.25, 0.3) is 0 Å². The minimum atomic E-state index is 0.633. The van der Waals surface area contributed by atoms with Gasteiger partial charge in [-0.15, -0.1) is 0 Å². The second-order valence-corrected chi connectivity index (χ2v) is 3.68. The predicted molar refractivity (Wildman–Crippen MR) is 65.7 cm³/mol. The molecule has 4 nitrogen and oxygen atoms in total. The molecule has 0 aliphatic carbocycles. The predicted octanol–water partition coefficient (Wildman–Crippen LogP) is 1.23. The Morgan fingerprint density at radius 1 is 1.19 bits per heavy atom. The maximum absolute atomic E-state index is 5.76. The van der Waals surface area contributed by atoms with Gasteiger partial charge in [-0.2, -0.15) is 0 Å². The van der Waals surface area contributed by atoms with Gasteiger partial charge >= 0.3 is 0 Å². The summed E-state index contributed by atoms with van der Waals surface area (Å²) in [6, 6.07) is 7.53. The van der Waals surface area contributed by atoms with Gasteiger partial charge in [0.2, 0.25) is 0 Å². The van der Waals surface area contributed by atoms with Crippen molar-refractivity contribution in [3.8, 4) is 5.75 Å². The number of methoxy groups -OCH3 is 1. The zero-order valence-corrected chi connectivity index (χ0v) is 9.98. The van der Waals surface area contributed by atoms with Crippen LogP contribution in [0.1, 0.15) is 0 Å². The van der Waals surface area contributed by atoms with Crippen molar-refractivity contribution in [3.63, 3.8) is 0 Å². The van der Waals surface area contributed by atoms with Crippen molar-refractivity contribution in [2.24, 2.45) is 0 Å². The maximum Gasteiger partial charge on any atom is 0.142 e. The minimum Gasteiger partial charge on any atom is -0.490 e. The van der Waals surface area contributed by atoms with Gasteiger partial charge in [0, 0.05) is 20.2 Å². The molecule has 0 aliphatic heterocycles. The van der Waals surface area contributed by atoms with Crippen molar-refractivity contribution in [1.29, 1.82) is 0 Å². The summed E-state index contributed by atoms with van der Waals surface area (Å²) in [5.41, 5.74) is 6.44. The van der Waals surface area contributed by atoms with E-state index in [1.807, 2.05) is 31.3 Å². The molecule has 0 heterocycles. The van der Waals surface area contributed by atoms with E-state index in [2.05, 4.69) is 4.90 Å². The minimum absolute atomic E-state index is 0.633. The Kier molecular flexibility index (Phi) is 5.67. The summed E-state index contributed by atoms with van der Waals surface area (Å²) in [7, 11) is 3.74. The normalized spacial score (nSPS) is 10.7. The first-order chi connectivity index (χ1) is 7.74. The number of rotatable bonds is 7. The third-order valence-electron chi connectivity index (χ3n) is 2.33. The topological polar surface area (TPSA) is 47.7 Å². The largest absolute Gasteiger partial charge is 0.490 e. The first kappa shape index (κ1) is 12.8. The third-order valence-corrected chi connectivity index (χ3v) is 2.33. The molecule has 0 fully saturated rings. The number of nitrogens with two attached hydrogens (primary N) is 1. The summed E-state index contributed by atoms with van der Waals surface area (Å²) in [5.74, 6) is 0.752. The molecular formula is C12H20N2O2. The molecule has 0 bridgehead atoms. The van der Waals surface area contributed by atoms with Gasteiger partial charge in [0.25, 0.3) is 0 Å². The third kappa shape index (κ3) is 4.51. The van der Waals surface area contributed by atoms with E-state index in [1.54, 1.807) is 7.11 Å². The molecule has 90 valence electrons. The lowest BCUT2D eigenvalue weighted by Crippen LogP contribution is -2.27. The molecule has 0 amide bonds. The van der Waals surface area contributed by atoms with Gasteiger partial charge in [-0.3, -0.25) is 0 Å². The Morgan fingerprint density at radius 3 is 2.56 bits per heavy atom. The number of anilines is 1. The molecular weight excluding hydrogens is 204 g/mol. The lowest BCUT2D eigenvalue weighted by molar-refractivity contribution is 0.150. The van der Waals surface area contributed by atoms with Crippen molar-refractivity contribution in [2.75, 3.05) is 46.2 Å². The maximum atomic E-state index is 5.76. The summed E-state index contributed by atoms with van der Waals surface area (Å²) in [4.78, 5) is 2.16. The van der Waals surface area contributed by atoms with Crippen molar-refractivity contribution < 1.29 is 9.47 Å². The Bertz CT molecular complexity index is 305. The fraction of sp³-hybridized carbons (Fsp3) is 0.500. The van der Waals surface area contributed by atoms with E-state index in [0.29, 0.717) is 12.3 Å². The van der Waals surface area contributed by atoms with Crippen LogP contribution in [0.15, 0.2) is 24.3 Å². The molecule has 0 spiro atoms. The van der Waals surface area contributed by atoms with E-state index >= 15 is 0 Å². The van der Waals surface area contributed by atoms with Crippen LogP contribution in [-0.4, -0.2) is 45.4 Å². The number of nitrogens with zero attached hydrogens (tertiary/aromatic N) is 1. The van der Waals surface area contributed by atoms with E-state index in [4.69, 9.17) is 15.2 Å². The average Bonchev–Trinajstić information content (AvgIpc) is 2.29. The smallest absolute Gasteiger partial charge is 0.142 e.